The number of hydrogen-bond donors (Lipinski definition) is 3. The Morgan fingerprint density at radius 2 is 1.23 bits per heavy atom. The van der Waals surface area contributed by atoms with Crippen LogP contribution in [0, 0.1) is 11.8 Å². The van der Waals surface area contributed by atoms with Crippen LogP contribution in [0.2, 0.25) is 0 Å². The minimum Gasteiger partial charge on any atom is -0.390 e. The fourth-order valence-electron chi connectivity index (χ4n) is 2.12. The largest absolute Gasteiger partial charge is 0.390 e. The van der Waals surface area contributed by atoms with Crippen molar-refractivity contribution in [3.8, 4) is 0 Å². The Hall–Kier alpha value is -0.780. The number of fused-ring (bicyclic) bond motifs is 2. The first-order valence-electron chi connectivity index (χ1n) is 4.16. The molecule has 0 spiro atoms. The van der Waals surface area contributed by atoms with Gasteiger partial charge in [0.25, 0.3) is 0 Å². The number of carbonyl (C=O) groups excluding carboxylic acids is 2. The standard InChI is InChI=1S/C8H10O5/c9-4-2-1-3(5(4)10)7(12)8(13)6(2)11/h2-3,6-8,11-13H,1H2. The second-order valence-corrected chi connectivity index (χ2v) is 3.65. The average Bonchev–Trinajstić information content (AvgIpc) is 2.38. The van der Waals surface area contributed by atoms with Crippen molar-refractivity contribution >= 4 is 11.6 Å². The molecule has 0 aromatic rings. The first-order chi connectivity index (χ1) is 6.04. The Kier molecular flexibility index (Phi) is 1.76. The van der Waals surface area contributed by atoms with E-state index < -0.39 is 41.7 Å². The summed E-state index contributed by atoms with van der Waals surface area (Å²) >= 11 is 0. The molecule has 72 valence electrons. The molecule has 0 aromatic carbocycles. The molecule has 4 unspecified atom stereocenters. The predicted molar refractivity (Wildman–Crippen MR) is 39.6 cm³/mol. The summed E-state index contributed by atoms with van der Waals surface area (Å²) in [6, 6.07) is 0. The van der Waals surface area contributed by atoms with Gasteiger partial charge in [0, 0.05) is 0 Å². The molecule has 0 saturated heterocycles. The summed E-state index contributed by atoms with van der Waals surface area (Å²) in [5.74, 6) is -2.94. The highest BCUT2D eigenvalue weighted by Gasteiger charge is 2.56. The van der Waals surface area contributed by atoms with E-state index in [4.69, 9.17) is 0 Å². The van der Waals surface area contributed by atoms with E-state index in [2.05, 4.69) is 0 Å². The van der Waals surface area contributed by atoms with Crippen LogP contribution in [-0.2, 0) is 9.59 Å². The van der Waals surface area contributed by atoms with Gasteiger partial charge in [0.05, 0.1) is 24.0 Å². The van der Waals surface area contributed by atoms with E-state index in [0.717, 1.165) is 0 Å². The summed E-state index contributed by atoms with van der Waals surface area (Å²) in [6.07, 6.45) is -3.81. The van der Waals surface area contributed by atoms with Crippen LogP contribution in [0.3, 0.4) is 0 Å². The van der Waals surface area contributed by atoms with Gasteiger partial charge in [0.1, 0.15) is 6.10 Å². The van der Waals surface area contributed by atoms with Gasteiger partial charge in [-0.05, 0) is 6.42 Å². The second kappa shape index (κ2) is 2.60. The summed E-state index contributed by atoms with van der Waals surface area (Å²) in [6.45, 7) is 0. The first-order valence-corrected chi connectivity index (χ1v) is 4.16. The van der Waals surface area contributed by atoms with Crippen LogP contribution < -0.4 is 0 Å². The third-order valence-corrected chi connectivity index (χ3v) is 2.95. The fourth-order valence-corrected chi connectivity index (χ4v) is 2.12. The molecule has 0 radical (unpaired) electrons. The van der Waals surface area contributed by atoms with Gasteiger partial charge in [0.15, 0.2) is 0 Å². The van der Waals surface area contributed by atoms with Crippen molar-refractivity contribution in [3.63, 3.8) is 0 Å². The topological polar surface area (TPSA) is 94.8 Å². The Morgan fingerprint density at radius 3 is 1.62 bits per heavy atom. The zero-order valence-corrected chi connectivity index (χ0v) is 6.75. The minimum absolute atomic E-state index is 0.164. The average molecular weight is 186 g/mol. The van der Waals surface area contributed by atoms with Crippen molar-refractivity contribution in [1.82, 2.24) is 0 Å². The maximum Gasteiger partial charge on any atom is 0.204 e. The van der Waals surface area contributed by atoms with E-state index >= 15 is 0 Å². The van der Waals surface area contributed by atoms with Crippen molar-refractivity contribution in [2.45, 2.75) is 24.7 Å². The molecule has 0 aromatic heterocycles. The van der Waals surface area contributed by atoms with Crippen molar-refractivity contribution < 1.29 is 24.9 Å². The van der Waals surface area contributed by atoms with E-state index in [1.54, 1.807) is 0 Å². The molecule has 2 aliphatic carbocycles. The molecule has 0 amide bonds. The lowest BCUT2D eigenvalue weighted by Gasteiger charge is -2.31. The monoisotopic (exact) mass is 186 g/mol. The third kappa shape index (κ3) is 0.979. The van der Waals surface area contributed by atoms with Crippen LogP contribution in [-0.4, -0.2) is 45.2 Å². The second-order valence-electron chi connectivity index (χ2n) is 3.65. The third-order valence-electron chi connectivity index (χ3n) is 2.95. The van der Waals surface area contributed by atoms with E-state index in [-0.39, 0.29) is 6.42 Å². The van der Waals surface area contributed by atoms with Gasteiger partial charge < -0.3 is 15.3 Å². The Balaban J connectivity index is 2.36. The van der Waals surface area contributed by atoms with Gasteiger partial charge in [-0.3, -0.25) is 9.59 Å². The van der Waals surface area contributed by atoms with Gasteiger partial charge >= 0.3 is 0 Å². The van der Waals surface area contributed by atoms with Gasteiger partial charge in [-0.2, -0.15) is 0 Å². The zero-order valence-electron chi connectivity index (χ0n) is 6.75. The zero-order chi connectivity index (χ0) is 9.75. The van der Waals surface area contributed by atoms with Crippen LogP contribution in [0.5, 0.6) is 0 Å². The summed E-state index contributed by atoms with van der Waals surface area (Å²) in [5, 5.41) is 27.9. The molecule has 3 N–H and O–H groups in total. The van der Waals surface area contributed by atoms with E-state index in [1.165, 1.54) is 0 Å². The lowest BCUT2D eigenvalue weighted by molar-refractivity contribution is -0.138. The molecular weight excluding hydrogens is 176 g/mol. The van der Waals surface area contributed by atoms with Gasteiger partial charge in [0.2, 0.25) is 11.6 Å². The molecule has 5 heteroatoms. The number of carbonyl (C=O) groups is 2. The predicted octanol–water partition coefficient (Wildman–Crippen LogP) is -2.14. The van der Waals surface area contributed by atoms with Gasteiger partial charge in [-0.25, -0.2) is 0 Å². The first kappa shape index (κ1) is 8.80. The molecule has 2 fully saturated rings. The molecular formula is C8H10O5. The van der Waals surface area contributed by atoms with E-state index in [0.29, 0.717) is 0 Å². The quantitative estimate of drug-likeness (QED) is 0.375. The van der Waals surface area contributed by atoms with Crippen LogP contribution in [0.4, 0.5) is 0 Å². The van der Waals surface area contributed by atoms with Crippen molar-refractivity contribution in [2.75, 3.05) is 0 Å². The number of aliphatic hydroxyl groups is 3. The molecule has 5 nitrogen and oxygen atoms in total. The molecule has 2 bridgehead atoms. The highest BCUT2D eigenvalue weighted by molar-refractivity contribution is 6.41. The van der Waals surface area contributed by atoms with Gasteiger partial charge in [-0.1, -0.05) is 0 Å². The minimum atomic E-state index is -1.38. The lowest BCUT2D eigenvalue weighted by atomic mass is 9.82. The normalized spacial score (nSPS) is 49.9. The Morgan fingerprint density at radius 1 is 0.846 bits per heavy atom. The molecule has 0 aliphatic heterocycles. The lowest BCUT2D eigenvalue weighted by Crippen LogP contribution is -2.48. The number of aliphatic hydroxyl groups excluding tert-OH is 3. The van der Waals surface area contributed by atoms with Gasteiger partial charge in [-0.15, -0.1) is 0 Å². The summed E-state index contributed by atoms with van der Waals surface area (Å²) in [5.41, 5.74) is 0. The van der Waals surface area contributed by atoms with Crippen molar-refractivity contribution in [2.24, 2.45) is 11.8 Å². The maximum absolute atomic E-state index is 11.2. The van der Waals surface area contributed by atoms with Crippen molar-refractivity contribution in [3.05, 3.63) is 0 Å². The Bertz CT molecular complexity index is 248. The van der Waals surface area contributed by atoms with Crippen molar-refractivity contribution in [1.29, 1.82) is 0 Å². The number of rotatable bonds is 0. The summed E-state index contributed by atoms with van der Waals surface area (Å²) < 4.78 is 0. The van der Waals surface area contributed by atoms with Crippen LogP contribution in [0.25, 0.3) is 0 Å². The molecule has 0 heterocycles. The molecule has 2 rings (SSSR count). The molecule has 13 heavy (non-hydrogen) atoms. The summed E-state index contributed by atoms with van der Waals surface area (Å²) in [7, 11) is 0. The highest BCUT2D eigenvalue weighted by atomic mass is 16.4. The molecule has 2 aliphatic rings. The smallest absolute Gasteiger partial charge is 0.204 e. The maximum atomic E-state index is 11.2. The van der Waals surface area contributed by atoms with E-state index in [9.17, 15) is 24.9 Å². The number of Topliss-reactive ketones (excluding diaryl/α,β-unsaturated/α-hetero) is 2. The molecule has 4 atom stereocenters. The summed E-state index contributed by atoms with van der Waals surface area (Å²) in [4.78, 5) is 22.3. The van der Waals surface area contributed by atoms with Crippen LogP contribution >= 0.6 is 0 Å². The fraction of sp³-hybridized carbons (Fsp3) is 0.750. The molecule has 2 saturated carbocycles. The Labute approximate surface area is 74.0 Å². The van der Waals surface area contributed by atoms with Crippen LogP contribution in [0.1, 0.15) is 6.42 Å². The van der Waals surface area contributed by atoms with Crippen LogP contribution in [0.15, 0.2) is 0 Å². The number of hydrogen-bond acceptors (Lipinski definition) is 5. The SMILES string of the molecule is O=C1C(=O)C2CC1C(O)C(O)C2O. The van der Waals surface area contributed by atoms with E-state index in [1.807, 2.05) is 0 Å². The highest BCUT2D eigenvalue weighted by Crippen LogP contribution is 2.37. The number of ketones is 2.